The van der Waals surface area contributed by atoms with Gasteiger partial charge in [0, 0.05) is 11.3 Å². The van der Waals surface area contributed by atoms with Gasteiger partial charge in [0.05, 0.1) is 24.8 Å². The highest BCUT2D eigenvalue weighted by Crippen LogP contribution is 2.33. The van der Waals surface area contributed by atoms with E-state index in [1.54, 1.807) is 37.3 Å². The van der Waals surface area contributed by atoms with Gasteiger partial charge in [-0.2, -0.15) is 0 Å². The number of hydrogen-bond donors (Lipinski definition) is 4. The highest BCUT2D eigenvalue weighted by molar-refractivity contribution is 6.34. The summed E-state index contributed by atoms with van der Waals surface area (Å²) in [6.07, 6.45) is -1.08. The van der Waals surface area contributed by atoms with E-state index in [1.807, 2.05) is 0 Å². The third kappa shape index (κ3) is 5.38. The lowest BCUT2D eigenvalue weighted by atomic mass is 10.1. The van der Waals surface area contributed by atoms with Crippen LogP contribution in [0.3, 0.4) is 0 Å². The average Bonchev–Trinajstić information content (AvgIpc) is 2.72. The second-order valence-corrected chi connectivity index (χ2v) is 6.60. The number of amides is 2. The number of aliphatic hydroxyl groups excluding tert-OH is 1. The van der Waals surface area contributed by atoms with Crippen molar-refractivity contribution in [3.63, 3.8) is 0 Å². The molecule has 0 fully saturated rings. The Morgan fingerprint density at radius 1 is 1.17 bits per heavy atom. The minimum atomic E-state index is -1.08. The van der Waals surface area contributed by atoms with E-state index in [2.05, 4.69) is 21.0 Å². The summed E-state index contributed by atoms with van der Waals surface area (Å²) in [5.74, 6) is -0.570. The predicted molar refractivity (Wildman–Crippen MR) is 110 cm³/mol. The summed E-state index contributed by atoms with van der Waals surface area (Å²) < 4.78 is 5.03. The van der Waals surface area contributed by atoms with Crippen molar-refractivity contribution in [1.82, 2.24) is 10.9 Å². The Bertz CT molecular complexity index is 939. The Hall–Kier alpha value is -3.28. The van der Waals surface area contributed by atoms with Gasteiger partial charge in [-0.1, -0.05) is 17.7 Å². The molecule has 2 aromatic rings. The van der Waals surface area contributed by atoms with Crippen LogP contribution in [0.4, 0.5) is 11.4 Å². The first-order chi connectivity index (χ1) is 13.8. The van der Waals surface area contributed by atoms with E-state index in [1.165, 1.54) is 20.1 Å². The van der Waals surface area contributed by atoms with E-state index >= 15 is 0 Å². The van der Waals surface area contributed by atoms with Gasteiger partial charge in [-0.3, -0.25) is 20.4 Å². The van der Waals surface area contributed by atoms with Crippen molar-refractivity contribution < 1.29 is 19.4 Å². The maximum Gasteiger partial charge on any atom is 0.269 e. The van der Waals surface area contributed by atoms with Crippen LogP contribution in [0.5, 0.6) is 5.75 Å². The Morgan fingerprint density at radius 2 is 1.83 bits per heavy atom. The molecule has 2 atom stereocenters. The third-order valence-corrected chi connectivity index (χ3v) is 4.69. The molecule has 152 valence electrons. The van der Waals surface area contributed by atoms with E-state index < -0.39 is 24.0 Å². The van der Waals surface area contributed by atoms with Crippen molar-refractivity contribution in [2.75, 3.05) is 12.4 Å². The fourth-order valence-electron chi connectivity index (χ4n) is 2.50. The lowest BCUT2D eigenvalue weighted by molar-refractivity contribution is -0.124. The number of anilines is 1. The van der Waals surface area contributed by atoms with Gasteiger partial charge in [-0.15, -0.1) is 0 Å². The number of nitrogens with zero attached hydrogens (tertiary/aromatic N) is 1. The first kappa shape index (κ1) is 22.0. The smallest absolute Gasteiger partial charge is 0.269 e. The molecule has 0 heterocycles. The molecule has 29 heavy (non-hydrogen) atoms. The van der Waals surface area contributed by atoms with Gasteiger partial charge in [-0.25, -0.2) is 4.85 Å². The molecule has 2 amide bonds. The number of aliphatic hydroxyl groups is 1. The van der Waals surface area contributed by atoms with Crippen LogP contribution in [-0.4, -0.2) is 36.2 Å². The van der Waals surface area contributed by atoms with Crippen LogP contribution >= 0.6 is 11.6 Å². The summed E-state index contributed by atoms with van der Waals surface area (Å²) in [6.45, 7) is 10.2. The van der Waals surface area contributed by atoms with E-state index in [-0.39, 0.29) is 5.02 Å². The normalized spacial score (nSPS) is 12.3. The number of hydrogen-bond acceptors (Lipinski definition) is 5. The molecule has 0 aromatic heterocycles. The highest BCUT2D eigenvalue weighted by atomic mass is 35.5. The monoisotopic (exact) mass is 416 g/mol. The zero-order chi connectivity index (χ0) is 21.6. The number of carbonyl (C=O) groups excluding carboxylic acids is 2. The number of ether oxygens (including phenoxy) is 1. The fraction of sp³-hybridized carbons (Fsp3) is 0.250. The number of methoxy groups -OCH3 is 1. The Balaban J connectivity index is 2.07. The van der Waals surface area contributed by atoms with E-state index in [9.17, 15) is 14.7 Å². The summed E-state index contributed by atoms with van der Waals surface area (Å²) in [7, 11) is 1.52. The van der Waals surface area contributed by atoms with Gasteiger partial charge in [0.25, 0.3) is 11.8 Å². The van der Waals surface area contributed by atoms with E-state index in [4.69, 9.17) is 22.9 Å². The van der Waals surface area contributed by atoms with Crippen molar-refractivity contribution in [1.29, 1.82) is 0 Å². The van der Waals surface area contributed by atoms with Crippen molar-refractivity contribution >= 4 is 34.8 Å². The molecule has 0 aliphatic carbocycles. The third-order valence-electron chi connectivity index (χ3n) is 4.21. The van der Waals surface area contributed by atoms with Crippen LogP contribution in [0, 0.1) is 13.5 Å². The molecule has 0 radical (unpaired) electrons. The predicted octanol–water partition coefficient (Wildman–Crippen LogP) is 2.83. The molecule has 0 saturated heterocycles. The number of carbonyl (C=O) groups is 2. The maximum atomic E-state index is 12.5. The molecule has 0 spiro atoms. The highest BCUT2D eigenvalue weighted by Gasteiger charge is 2.25. The zero-order valence-corrected chi connectivity index (χ0v) is 16.9. The van der Waals surface area contributed by atoms with Gasteiger partial charge in [0.15, 0.2) is 0 Å². The zero-order valence-electron chi connectivity index (χ0n) is 16.1. The average molecular weight is 417 g/mol. The molecular formula is C20H21ClN4O4. The summed E-state index contributed by atoms with van der Waals surface area (Å²) in [4.78, 5) is 28.0. The van der Waals surface area contributed by atoms with Crippen LogP contribution in [0.25, 0.3) is 4.85 Å². The molecule has 2 rings (SSSR count). The Morgan fingerprint density at radius 3 is 2.38 bits per heavy atom. The number of hydrazine groups is 1. The standard InChI is InChI=1S/C20H21ClN4O4/c1-11-15(9-10-16(22-3)17(11)21)23-18(12(2)26)20(28)25-24-19(27)13-5-7-14(29-4)8-6-13/h5-10,12,18,23,26H,1-2,4H3,(H,24,27)(H,25,28)/t12-,18+/m0/s1. The summed E-state index contributed by atoms with van der Waals surface area (Å²) in [5.41, 5.74) is 6.28. The fourth-order valence-corrected chi connectivity index (χ4v) is 2.70. The quantitative estimate of drug-likeness (QED) is 0.428. The van der Waals surface area contributed by atoms with Gasteiger partial charge in [0.1, 0.15) is 11.8 Å². The maximum absolute atomic E-state index is 12.5. The Kier molecular flexibility index (Phi) is 7.42. The second-order valence-electron chi connectivity index (χ2n) is 6.22. The van der Waals surface area contributed by atoms with Crippen molar-refractivity contribution in [2.24, 2.45) is 0 Å². The van der Waals surface area contributed by atoms with Crippen molar-refractivity contribution in [3.8, 4) is 5.75 Å². The largest absolute Gasteiger partial charge is 0.497 e. The van der Waals surface area contributed by atoms with Crippen LogP contribution in [0.2, 0.25) is 5.02 Å². The molecule has 0 bridgehead atoms. The first-order valence-corrected chi connectivity index (χ1v) is 9.01. The topological polar surface area (TPSA) is 104 Å². The number of benzene rings is 2. The molecule has 0 aliphatic rings. The van der Waals surface area contributed by atoms with Crippen LogP contribution in [0.1, 0.15) is 22.8 Å². The second kappa shape index (κ2) is 9.78. The van der Waals surface area contributed by atoms with Crippen LogP contribution < -0.4 is 20.9 Å². The van der Waals surface area contributed by atoms with Crippen LogP contribution in [-0.2, 0) is 4.79 Å². The van der Waals surface area contributed by atoms with Gasteiger partial charge in [0.2, 0.25) is 5.69 Å². The number of rotatable bonds is 6. The summed E-state index contributed by atoms with van der Waals surface area (Å²) in [5, 5.41) is 13.2. The lowest BCUT2D eigenvalue weighted by Crippen LogP contribution is -2.52. The molecule has 0 aliphatic heterocycles. The van der Waals surface area contributed by atoms with Gasteiger partial charge in [-0.05, 0) is 49.7 Å². The molecular weight excluding hydrogens is 396 g/mol. The minimum Gasteiger partial charge on any atom is -0.497 e. The lowest BCUT2D eigenvalue weighted by Gasteiger charge is -2.23. The molecule has 9 heteroatoms. The van der Waals surface area contributed by atoms with E-state index in [0.717, 1.165) is 0 Å². The van der Waals surface area contributed by atoms with Gasteiger partial charge < -0.3 is 15.2 Å². The van der Waals surface area contributed by atoms with Crippen molar-refractivity contribution in [2.45, 2.75) is 26.0 Å². The number of halogens is 1. The minimum absolute atomic E-state index is 0.266. The Labute approximate surface area is 173 Å². The molecule has 2 aromatic carbocycles. The molecule has 8 nitrogen and oxygen atoms in total. The summed E-state index contributed by atoms with van der Waals surface area (Å²) >= 11 is 6.15. The molecule has 4 N–H and O–H groups in total. The van der Waals surface area contributed by atoms with Crippen molar-refractivity contribution in [3.05, 3.63) is 64.0 Å². The SMILES string of the molecule is [C-]#[N+]c1ccc(N[C@@H](C(=O)NNC(=O)c2ccc(OC)cc2)[C@H](C)O)c(C)c1Cl. The van der Waals surface area contributed by atoms with Crippen LogP contribution in [0.15, 0.2) is 36.4 Å². The van der Waals surface area contributed by atoms with E-state index in [0.29, 0.717) is 28.3 Å². The number of nitrogens with one attached hydrogen (secondary N) is 3. The van der Waals surface area contributed by atoms with Gasteiger partial charge >= 0.3 is 0 Å². The molecule has 0 unspecified atom stereocenters. The summed E-state index contributed by atoms with van der Waals surface area (Å²) in [6, 6.07) is 8.40. The molecule has 0 saturated carbocycles. The first-order valence-electron chi connectivity index (χ1n) is 8.64.